The SMILES string of the molecule is Cc1cccc(C(=O)Cc2ccc(N)cc2)c1. The van der Waals surface area contributed by atoms with Crippen molar-refractivity contribution in [3.8, 4) is 0 Å². The number of aryl methyl sites for hydroxylation is 1. The van der Waals surface area contributed by atoms with Gasteiger partial charge in [0, 0.05) is 17.7 Å². The molecule has 2 N–H and O–H groups in total. The maximum Gasteiger partial charge on any atom is 0.167 e. The van der Waals surface area contributed by atoms with Crippen LogP contribution >= 0.6 is 0 Å². The van der Waals surface area contributed by atoms with Gasteiger partial charge in [0.25, 0.3) is 0 Å². The standard InChI is InChI=1S/C15H15NO/c1-11-3-2-4-13(9-11)15(17)10-12-5-7-14(16)8-6-12/h2-9H,10,16H2,1H3. The van der Waals surface area contributed by atoms with E-state index >= 15 is 0 Å². The number of nitrogens with two attached hydrogens (primary N) is 1. The highest BCUT2D eigenvalue weighted by atomic mass is 16.1. The molecule has 0 amide bonds. The molecular weight excluding hydrogens is 210 g/mol. The van der Waals surface area contributed by atoms with Crippen molar-refractivity contribution in [2.75, 3.05) is 5.73 Å². The number of hydrogen-bond acceptors (Lipinski definition) is 2. The molecule has 2 heteroatoms. The molecule has 0 heterocycles. The van der Waals surface area contributed by atoms with E-state index in [0.29, 0.717) is 6.42 Å². The quantitative estimate of drug-likeness (QED) is 0.644. The van der Waals surface area contributed by atoms with E-state index in [9.17, 15) is 4.79 Å². The third-order valence-corrected chi connectivity index (χ3v) is 2.68. The molecular formula is C15H15NO. The molecule has 0 fully saturated rings. The Morgan fingerprint density at radius 1 is 1.12 bits per heavy atom. The molecule has 0 aliphatic carbocycles. The van der Waals surface area contributed by atoms with Gasteiger partial charge in [-0.3, -0.25) is 4.79 Å². The molecule has 0 aliphatic rings. The zero-order valence-corrected chi connectivity index (χ0v) is 9.81. The number of benzene rings is 2. The average molecular weight is 225 g/mol. The first-order valence-electron chi connectivity index (χ1n) is 5.59. The van der Waals surface area contributed by atoms with E-state index in [1.54, 1.807) is 0 Å². The van der Waals surface area contributed by atoms with Gasteiger partial charge in [-0.15, -0.1) is 0 Å². The summed E-state index contributed by atoms with van der Waals surface area (Å²) in [5.41, 5.74) is 9.18. The van der Waals surface area contributed by atoms with E-state index in [2.05, 4.69) is 0 Å². The van der Waals surface area contributed by atoms with Crippen LogP contribution in [0.2, 0.25) is 0 Å². The van der Waals surface area contributed by atoms with Crippen LogP contribution in [0.1, 0.15) is 21.5 Å². The van der Waals surface area contributed by atoms with E-state index in [0.717, 1.165) is 22.4 Å². The van der Waals surface area contributed by atoms with Crippen molar-refractivity contribution in [1.29, 1.82) is 0 Å². The van der Waals surface area contributed by atoms with Crippen LogP contribution < -0.4 is 5.73 Å². The minimum atomic E-state index is 0.137. The molecule has 0 aromatic heterocycles. The van der Waals surface area contributed by atoms with Gasteiger partial charge in [0.05, 0.1) is 0 Å². The topological polar surface area (TPSA) is 43.1 Å². The third kappa shape index (κ3) is 2.94. The Balaban J connectivity index is 2.14. The molecule has 0 aliphatic heterocycles. The highest BCUT2D eigenvalue weighted by Gasteiger charge is 2.06. The summed E-state index contributed by atoms with van der Waals surface area (Å²) in [7, 11) is 0. The number of hydrogen-bond donors (Lipinski definition) is 1. The lowest BCUT2D eigenvalue weighted by Crippen LogP contribution is -2.03. The monoisotopic (exact) mass is 225 g/mol. The van der Waals surface area contributed by atoms with E-state index in [-0.39, 0.29) is 5.78 Å². The van der Waals surface area contributed by atoms with Crippen LogP contribution in [0.5, 0.6) is 0 Å². The fourth-order valence-electron chi connectivity index (χ4n) is 1.74. The molecule has 0 spiro atoms. The Hall–Kier alpha value is -2.09. The van der Waals surface area contributed by atoms with Gasteiger partial charge >= 0.3 is 0 Å². The van der Waals surface area contributed by atoms with E-state index < -0.39 is 0 Å². The number of nitrogen functional groups attached to an aromatic ring is 1. The molecule has 0 saturated heterocycles. The first-order chi connectivity index (χ1) is 8.15. The Labute approximate surface area is 101 Å². The van der Waals surface area contributed by atoms with Gasteiger partial charge in [-0.25, -0.2) is 0 Å². The molecule has 0 atom stereocenters. The Morgan fingerprint density at radius 3 is 2.47 bits per heavy atom. The zero-order valence-electron chi connectivity index (χ0n) is 9.81. The molecule has 2 nitrogen and oxygen atoms in total. The number of Topliss-reactive ketones (excluding diaryl/α,β-unsaturated/α-hetero) is 1. The lowest BCUT2D eigenvalue weighted by Gasteiger charge is -2.03. The Bertz CT molecular complexity index is 529. The second kappa shape index (κ2) is 4.83. The molecule has 0 radical (unpaired) electrons. The number of carbonyl (C=O) groups excluding carboxylic acids is 1. The van der Waals surface area contributed by atoms with Crippen molar-refractivity contribution in [1.82, 2.24) is 0 Å². The van der Waals surface area contributed by atoms with Crippen LogP contribution in [-0.2, 0) is 6.42 Å². The third-order valence-electron chi connectivity index (χ3n) is 2.68. The van der Waals surface area contributed by atoms with Crippen molar-refractivity contribution in [3.05, 3.63) is 65.2 Å². The molecule has 2 rings (SSSR count). The average Bonchev–Trinajstić information content (AvgIpc) is 2.32. The van der Waals surface area contributed by atoms with Crippen molar-refractivity contribution in [2.24, 2.45) is 0 Å². The summed E-state index contributed by atoms with van der Waals surface area (Å²) >= 11 is 0. The van der Waals surface area contributed by atoms with E-state index in [1.165, 1.54) is 0 Å². The maximum atomic E-state index is 12.0. The molecule has 86 valence electrons. The van der Waals surface area contributed by atoms with Gasteiger partial charge in [-0.2, -0.15) is 0 Å². The molecule has 2 aromatic rings. The largest absolute Gasteiger partial charge is 0.399 e. The van der Waals surface area contributed by atoms with Crippen molar-refractivity contribution in [2.45, 2.75) is 13.3 Å². The summed E-state index contributed by atoms with van der Waals surface area (Å²) in [5, 5.41) is 0. The number of carbonyl (C=O) groups is 1. The number of ketones is 1. The first kappa shape index (κ1) is 11.4. The van der Waals surface area contributed by atoms with Crippen LogP contribution in [0.3, 0.4) is 0 Å². The molecule has 0 bridgehead atoms. The highest BCUT2D eigenvalue weighted by Crippen LogP contribution is 2.11. The van der Waals surface area contributed by atoms with Crippen LogP contribution in [0.15, 0.2) is 48.5 Å². The summed E-state index contributed by atoms with van der Waals surface area (Å²) in [5.74, 6) is 0.137. The van der Waals surface area contributed by atoms with Crippen LogP contribution in [0.4, 0.5) is 5.69 Å². The normalized spacial score (nSPS) is 10.2. The van der Waals surface area contributed by atoms with Gasteiger partial charge in [0.15, 0.2) is 5.78 Å². The number of rotatable bonds is 3. The highest BCUT2D eigenvalue weighted by molar-refractivity contribution is 5.97. The molecule has 0 unspecified atom stereocenters. The lowest BCUT2D eigenvalue weighted by molar-refractivity contribution is 0.0993. The predicted molar refractivity (Wildman–Crippen MR) is 70.1 cm³/mol. The minimum absolute atomic E-state index is 0.137. The lowest BCUT2D eigenvalue weighted by atomic mass is 10.0. The summed E-state index contributed by atoms with van der Waals surface area (Å²) in [4.78, 5) is 12.0. The summed E-state index contributed by atoms with van der Waals surface area (Å²) in [6, 6.07) is 15.1. The zero-order chi connectivity index (χ0) is 12.3. The second-order valence-electron chi connectivity index (χ2n) is 4.21. The summed E-state index contributed by atoms with van der Waals surface area (Å²) in [6.07, 6.45) is 0.420. The Morgan fingerprint density at radius 2 is 1.82 bits per heavy atom. The minimum Gasteiger partial charge on any atom is -0.399 e. The van der Waals surface area contributed by atoms with Gasteiger partial charge in [-0.1, -0.05) is 35.9 Å². The van der Waals surface area contributed by atoms with Crippen LogP contribution in [0.25, 0.3) is 0 Å². The van der Waals surface area contributed by atoms with E-state index in [1.807, 2.05) is 55.5 Å². The van der Waals surface area contributed by atoms with Gasteiger partial charge < -0.3 is 5.73 Å². The van der Waals surface area contributed by atoms with Crippen molar-refractivity contribution >= 4 is 11.5 Å². The predicted octanol–water partition coefficient (Wildman–Crippen LogP) is 3.00. The summed E-state index contributed by atoms with van der Waals surface area (Å²) in [6.45, 7) is 1.99. The molecule has 17 heavy (non-hydrogen) atoms. The van der Waals surface area contributed by atoms with Gasteiger partial charge in [0.1, 0.15) is 0 Å². The van der Waals surface area contributed by atoms with Crippen molar-refractivity contribution < 1.29 is 4.79 Å². The van der Waals surface area contributed by atoms with Gasteiger partial charge in [0.2, 0.25) is 0 Å². The van der Waals surface area contributed by atoms with Crippen LogP contribution in [-0.4, -0.2) is 5.78 Å². The molecule has 0 saturated carbocycles. The summed E-state index contributed by atoms with van der Waals surface area (Å²) < 4.78 is 0. The fourth-order valence-corrected chi connectivity index (χ4v) is 1.74. The number of anilines is 1. The van der Waals surface area contributed by atoms with E-state index in [4.69, 9.17) is 5.73 Å². The van der Waals surface area contributed by atoms with Crippen LogP contribution in [0, 0.1) is 6.92 Å². The first-order valence-corrected chi connectivity index (χ1v) is 5.59. The molecule has 2 aromatic carbocycles. The van der Waals surface area contributed by atoms with Crippen molar-refractivity contribution in [3.63, 3.8) is 0 Å². The maximum absolute atomic E-state index is 12.0. The smallest absolute Gasteiger partial charge is 0.167 e. The second-order valence-corrected chi connectivity index (χ2v) is 4.21. The van der Waals surface area contributed by atoms with Gasteiger partial charge in [-0.05, 0) is 30.7 Å². The Kier molecular flexibility index (Phi) is 3.24. The fraction of sp³-hybridized carbons (Fsp3) is 0.133.